The van der Waals surface area contributed by atoms with Crippen molar-refractivity contribution in [1.82, 2.24) is 15.6 Å². The molecule has 0 aliphatic heterocycles. The van der Waals surface area contributed by atoms with Crippen molar-refractivity contribution in [3.8, 4) is 0 Å². The number of nitrogens with one attached hydrogen (secondary N) is 4. The smallest absolute Gasteiger partial charge is 0.253 e. The molecule has 2 aromatic rings. The molecule has 0 saturated heterocycles. The van der Waals surface area contributed by atoms with Gasteiger partial charge < -0.3 is 20.9 Å². The molecular formula is C28H39ClN4O2. The number of carbonyl (C=O) groups is 1. The third kappa shape index (κ3) is 6.28. The average Bonchev–Trinajstić information content (AvgIpc) is 2.78. The Kier molecular flexibility index (Phi) is 8.23. The zero-order chi connectivity index (χ0) is 25.1. The summed E-state index contributed by atoms with van der Waals surface area (Å²) in [6, 6.07) is 7.22. The summed E-state index contributed by atoms with van der Waals surface area (Å²) in [5.74, 6) is 0.365. The maximum atomic E-state index is 13.1. The fourth-order valence-corrected chi connectivity index (χ4v) is 5.71. The highest BCUT2D eigenvalue weighted by atomic mass is 35.5. The standard InChI is InChI=1S/C28H39ClN4O2/c1-16-12-17(2)31-28(35)25(16)15-30-27(34)24-13-21(29)14-26(18(24)3)32-19(4)20-8-10-23(11-9-20)33-22-6-5-7-22/h12-14,19-20,22-23,32-33H,5-11,15H2,1-4H3,(H,30,34)(H,31,35). The van der Waals surface area contributed by atoms with E-state index in [1.54, 1.807) is 6.07 Å². The maximum Gasteiger partial charge on any atom is 0.253 e. The summed E-state index contributed by atoms with van der Waals surface area (Å²) in [5.41, 5.74) is 4.37. The van der Waals surface area contributed by atoms with Gasteiger partial charge in [-0.2, -0.15) is 0 Å². The molecule has 2 saturated carbocycles. The van der Waals surface area contributed by atoms with Gasteiger partial charge in [0.2, 0.25) is 0 Å². The van der Waals surface area contributed by atoms with E-state index in [9.17, 15) is 9.59 Å². The van der Waals surface area contributed by atoms with Crippen LogP contribution < -0.4 is 21.5 Å². The molecule has 1 aromatic carbocycles. The molecule has 2 fully saturated rings. The highest BCUT2D eigenvalue weighted by Gasteiger charge is 2.28. The van der Waals surface area contributed by atoms with Crippen LogP contribution in [0.15, 0.2) is 23.0 Å². The van der Waals surface area contributed by atoms with Crippen LogP contribution in [0, 0.1) is 26.7 Å². The fraction of sp³-hybridized carbons (Fsp3) is 0.571. The molecule has 6 nitrogen and oxygen atoms in total. The molecule has 190 valence electrons. The Morgan fingerprint density at radius 2 is 1.74 bits per heavy atom. The lowest BCUT2D eigenvalue weighted by atomic mass is 9.81. The number of aryl methyl sites for hydroxylation is 2. The first kappa shape index (κ1) is 25.8. The first-order valence-corrected chi connectivity index (χ1v) is 13.4. The summed E-state index contributed by atoms with van der Waals surface area (Å²) < 4.78 is 0. The van der Waals surface area contributed by atoms with E-state index in [1.165, 1.54) is 44.9 Å². The number of H-pyrrole nitrogens is 1. The van der Waals surface area contributed by atoms with Gasteiger partial charge in [0.1, 0.15) is 0 Å². The van der Waals surface area contributed by atoms with Gasteiger partial charge in [0.05, 0.1) is 0 Å². The van der Waals surface area contributed by atoms with E-state index < -0.39 is 0 Å². The van der Waals surface area contributed by atoms with Crippen molar-refractivity contribution in [1.29, 1.82) is 0 Å². The Hall–Kier alpha value is -2.31. The van der Waals surface area contributed by atoms with Gasteiger partial charge in [0.15, 0.2) is 0 Å². The Morgan fingerprint density at radius 3 is 2.37 bits per heavy atom. The van der Waals surface area contributed by atoms with Crippen LogP contribution in [-0.4, -0.2) is 29.0 Å². The average molecular weight is 499 g/mol. The van der Waals surface area contributed by atoms with Crippen molar-refractivity contribution in [2.75, 3.05) is 5.32 Å². The van der Waals surface area contributed by atoms with Crippen LogP contribution >= 0.6 is 11.6 Å². The molecule has 1 aromatic heterocycles. The van der Waals surface area contributed by atoms with Gasteiger partial charge in [-0.1, -0.05) is 18.0 Å². The third-order valence-corrected chi connectivity index (χ3v) is 8.19. The van der Waals surface area contributed by atoms with E-state index in [0.29, 0.717) is 34.2 Å². The van der Waals surface area contributed by atoms with Crippen LogP contribution in [0.3, 0.4) is 0 Å². The molecule has 35 heavy (non-hydrogen) atoms. The van der Waals surface area contributed by atoms with Crippen molar-refractivity contribution in [2.45, 2.75) is 97.3 Å². The third-order valence-electron chi connectivity index (χ3n) is 7.98. The summed E-state index contributed by atoms with van der Waals surface area (Å²) in [7, 11) is 0. The summed E-state index contributed by atoms with van der Waals surface area (Å²) in [6.45, 7) is 8.08. The summed E-state index contributed by atoms with van der Waals surface area (Å²) in [6.07, 6.45) is 8.91. The lowest BCUT2D eigenvalue weighted by Crippen LogP contribution is -2.45. The minimum Gasteiger partial charge on any atom is -0.382 e. The molecule has 7 heteroatoms. The van der Waals surface area contributed by atoms with Crippen LogP contribution in [0.2, 0.25) is 5.02 Å². The Balaban J connectivity index is 1.38. The monoisotopic (exact) mass is 498 g/mol. The van der Waals surface area contributed by atoms with Gasteiger partial charge in [-0.05, 0) is 101 Å². The normalized spacial score (nSPS) is 21.3. The van der Waals surface area contributed by atoms with E-state index in [-0.39, 0.29) is 18.0 Å². The fourth-order valence-electron chi connectivity index (χ4n) is 5.49. The van der Waals surface area contributed by atoms with E-state index in [2.05, 4.69) is 27.9 Å². The lowest BCUT2D eigenvalue weighted by molar-refractivity contribution is 0.0950. The number of aromatic amines is 1. The number of halogens is 1. The molecule has 0 spiro atoms. The first-order valence-electron chi connectivity index (χ1n) is 13.0. The highest BCUT2D eigenvalue weighted by Crippen LogP contribution is 2.32. The number of aromatic nitrogens is 1. The molecule has 1 unspecified atom stereocenters. The Morgan fingerprint density at radius 1 is 1.06 bits per heavy atom. The molecule has 0 radical (unpaired) electrons. The lowest BCUT2D eigenvalue weighted by Gasteiger charge is -2.37. The van der Waals surface area contributed by atoms with Crippen LogP contribution in [0.1, 0.15) is 84.6 Å². The van der Waals surface area contributed by atoms with E-state index in [4.69, 9.17) is 11.6 Å². The summed E-state index contributed by atoms with van der Waals surface area (Å²) in [4.78, 5) is 28.2. The second kappa shape index (κ2) is 11.2. The molecule has 4 rings (SSSR count). The van der Waals surface area contributed by atoms with Crippen molar-refractivity contribution in [3.63, 3.8) is 0 Å². The summed E-state index contributed by atoms with van der Waals surface area (Å²) >= 11 is 6.42. The van der Waals surface area contributed by atoms with Crippen molar-refractivity contribution < 1.29 is 4.79 Å². The minimum absolute atomic E-state index is 0.167. The number of benzene rings is 1. The first-order chi connectivity index (χ1) is 16.7. The van der Waals surface area contributed by atoms with Gasteiger partial charge >= 0.3 is 0 Å². The van der Waals surface area contributed by atoms with Gasteiger partial charge in [0.25, 0.3) is 11.5 Å². The van der Waals surface area contributed by atoms with Crippen molar-refractivity contribution in [2.24, 2.45) is 5.92 Å². The molecule has 4 N–H and O–H groups in total. The molecule has 2 aliphatic carbocycles. The second-order valence-corrected chi connectivity index (χ2v) is 11.0. The number of anilines is 1. The van der Waals surface area contributed by atoms with Gasteiger partial charge in [0, 0.05) is 52.2 Å². The van der Waals surface area contributed by atoms with E-state index >= 15 is 0 Å². The number of rotatable bonds is 8. The quantitative estimate of drug-likeness (QED) is 0.393. The molecule has 2 aliphatic rings. The van der Waals surface area contributed by atoms with Crippen LogP contribution in [0.25, 0.3) is 0 Å². The van der Waals surface area contributed by atoms with Crippen molar-refractivity contribution in [3.05, 3.63) is 61.5 Å². The van der Waals surface area contributed by atoms with Crippen LogP contribution in [0.5, 0.6) is 0 Å². The molecule has 1 atom stereocenters. The van der Waals surface area contributed by atoms with Crippen LogP contribution in [0.4, 0.5) is 5.69 Å². The predicted molar refractivity (Wildman–Crippen MR) is 144 cm³/mol. The number of carbonyl (C=O) groups excluding carboxylic acids is 1. The zero-order valence-electron chi connectivity index (χ0n) is 21.4. The zero-order valence-corrected chi connectivity index (χ0v) is 22.1. The SMILES string of the molecule is Cc1cc(C)c(CNC(=O)c2cc(Cl)cc(NC(C)C3CCC(NC4CCC4)CC3)c2C)c(=O)[nH]1. The van der Waals surface area contributed by atoms with Gasteiger partial charge in [-0.3, -0.25) is 9.59 Å². The van der Waals surface area contributed by atoms with Gasteiger partial charge in [-0.25, -0.2) is 0 Å². The molecule has 1 amide bonds. The Labute approximate surface area is 213 Å². The number of amides is 1. The Bertz CT molecular complexity index is 1120. The number of pyridine rings is 1. The van der Waals surface area contributed by atoms with Crippen molar-refractivity contribution >= 4 is 23.2 Å². The van der Waals surface area contributed by atoms with E-state index in [0.717, 1.165) is 28.6 Å². The predicted octanol–water partition coefficient (Wildman–Crippen LogP) is 5.38. The van der Waals surface area contributed by atoms with Crippen LogP contribution in [-0.2, 0) is 6.54 Å². The van der Waals surface area contributed by atoms with Gasteiger partial charge in [-0.15, -0.1) is 0 Å². The largest absolute Gasteiger partial charge is 0.382 e. The molecule has 0 bridgehead atoms. The highest BCUT2D eigenvalue weighted by molar-refractivity contribution is 6.31. The summed E-state index contributed by atoms with van der Waals surface area (Å²) in [5, 5.41) is 10.9. The maximum absolute atomic E-state index is 13.1. The van der Waals surface area contributed by atoms with E-state index in [1.807, 2.05) is 32.9 Å². The number of hydrogen-bond acceptors (Lipinski definition) is 4. The minimum atomic E-state index is -0.234. The topological polar surface area (TPSA) is 86.0 Å². The molecule has 1 heterocycles. The number of hydrogen-bond donors (Lipinski definition) is 4. The second-order valence-electron chi connectivity index (χ2n) is 10.6. The molecular weight excluding hydrogens is 460 g/mol.